The van der Waals surface area contributed by atoms with Crippen LogP contribution < -0.4 is 16.0 Å². The minimum Gasteiger partial charge on any atom is -0.397 e. The fraction of sp³-hybridized carbons (Fsp3) is 0.350. The quantitative estimate of drug-likeness (QED) is 0.804. The molecule has 1 heterocycles. The number of likely N-dealkylation sites (N-methyl/N-ethyl adjacent to an activating group) is 1. The van der Waals surface area contributed by atoms with Gasteiger partial charge in [0.1, 0.15) is 0 Å². The van der Waals surface area contributed by atoms with E-state index in [1.54, 1.807) is 24.3 Å². The van der Waals surface area contributed by atoms with Gasteiger partial charge in [0.05, 0.1) is 11.4 Å². The maximum absolute atomic E-state index is 12.5. The number of carbonyl (C=O) groups is 1. The summed E-state index contributed by atoms with van der Waals surface area (Å²) in [5, 5.41) is 3.45. The van der Waals surface area contributed by atoms with Crippen LogP contribution >= 0.6 is 11.6 Å². The van der Waals surface area contributed by atoms with Crippen molar-refractivity contribution < 1.29 is 4.79 Å². The average Bonchev–Trinajstić information content (AvgIpc) is 2.64. The topological polar surface area (TPSA) is 61.6 Å². The molecule has 3 rings (SSSR count). The van der Waals surface area contributed by atoms with E-state index in [9.17, 15) is 4.79 Å². The third kappa shape index (κ3) is 4.11. The Balaban J connectivity index is 1.81. The third-order valence-corrected chi connectivity index (χ3v) is 5.10. The van der Waals surface area contributed by atoms with Crippen LogP contribution in [0.3, 0.4) is 0 Å². The van der Waals surface area contributed by atoms with Crippen LogP contribution in [0.15, 0.2) is 36.4 Å². The van der Waals surface area contributed by atoms with Crippen LogP contribution in [-0.2, 0) is 0 Å². The number of amides is 1. The van der Waals surface area contributed by atoms with Gasteiger partial charge < -0.3 is 20.9 Å². The summed E-state index contributed by atoms with van der Waals surface area (Å²) in [6.07, 6.45) is 0. The Morgan fingerprint density at radius 2 is 1.92 bits per heavy atom. The lowest BCUT2D eigenvalue weighted by molar-refractivity contribution is 0.102. The van der Waals surface area contributed by atoms with Gasteiger partial charge in [0.15, 0.2) is 0 Å². The zero-order valence-electron chi connectivity index (χ0n) is 15.3. The van der Waals surface area contributed by atoms with Crippen molar-refractivity contribution in [1.29, 1.82) is 0 Å². The fourth-order valence-corrected chi connectivity index (χ4v) is 3.49. The third-order valence-electron chi connectivity index (χ3n) is 4.86. The Morgan fingerprint density at radius 1 is 1.19 bits per heavy atom. The second kappa shape index (κ2) is 7.98. The molecule has 6 heteroatoms. The lowest BCUT2D eigenvalue weighted by Gasteiger charge is -2.36. The molecule has 2 aromatic rings. The minimum atomic E-state index is -0.218. The highest BCUT2D eigenvalue weighted by molar-refractivity contribution is 6.31. The number of nitrogens with zero attached hydrogens (tertiary/aromatic N) is 2. The summed E-state index contributed by atoms with van der Waals surface area (Å²) >= 11 is 5.98. The van der Waals surface area contributed by atoms with Crippen LogP contribution in [-0.4, -0.2) is 43.5 Å². The van der Waals surface area contributed by atoms with Gasteiger partial charge in [-0.1, -0.05) is 24.6 Å². The van der Waals surface area contributed by atoms with E-state index in [1.165, 1.54) is 0 Å². The summed E-state index contributed by atoms with van der Waals surface area (Å²) in [6, 6.07) is 10.8. The molecule has 1 amide bonds. The van der Waals surface area contributed by atoms with Gasteiger partial charge in [-0.15, -0.1) is 0 Å². The van der Waals surface area contributed by atoms with Crippen molar-refractivity contribution in [3.05, 3.63) is 52.5 Å². The largest absolute Gasteiger partial charge is 0.397 e. The predicted molar refractivity (Wildman–Crippen MR) is 109 cm³/mol. The van der Waals surface area contributed by atoms with Gasteiger partial charge in [-0.2, -0.15) is 0 Å². The molecule has 0 unspecified atom stereocenters. The summed E-state index contributed by atoms with van der Waals surface area (Å²) in [4.78, 5) is 17.3. The molecule has 1 aliphatic rings. The molecule has 138 valence electrons. The van der Waals surface area contributed by atoms with E-state index in [0.29, 0.717) is 22.0 Å². The SMILES string of the molecule is CCN1CCN(c2cc(NC(=O)c3cccc(Cl)c3)c(N)cc2C)CC1. The lowest BCUT2D eigenvalue weighted by Crippen LogP contribution is -2.46. The minimum absolute atomic E-state index is 0.218. The van der Waals surface area contributed by atoms with Crippen molar-refractivity contribution in [3.63, 3.8) is 0 Å². The first-order valence-electron chi connectivity index (χ1n) is 8.92. The molecule has 5 nitrogen and oxygen atoms in total. The van der Waals surface area contributed by atoms with E-state index in [2.05, 4.69) is 29.0 Å². The molecular weight excluding hydrogens is 348 g/mol. The highest BCUT2D eigenvalue weighted by atomic mass is 35.5. The van der Waals surface area contributed by atoms with Crippen molar-refractivity contribution in [1.82, 2.24) is 4.90 Å². The first-order valence-corrected chi connectivity index (χ1v) is 9.30. The molecule has 0 aliphatic carbocycles. The van der Waals surface area contributed by atoms with Gasteiger partial charge in [0.25, 0.3) is 5.91 Å². The van der Waals surface area contributed by atoms with Gasteiger partial charge in [-0.3, -0.25) is 4.79 Å². The number of piperazine rings is 1. The van der Waals surface area contributed by atoms with Crippen LogP contribution in [0.1, 0.15) is 22.8 Å². The first-order chi connectivity index (χ1) is 12.5. The van der Waals surface area contributed by atoms with Gasteiger partial charge >= 0.3 is 0 Å². The average molecular weight is 373 g/mol. The number of nitrogens with one attached hydrogen (secondary N) is 1. The Hall–Kier alpha value is -2.24. The Kier molecular flexibility index (Phi) is 5.69. The van der Waals surface area contributed by atoms with Gasteiger partial charge in [0, 0.05) is 42.5 Å². The molecule has 3 N–H and O–H groups in total. The fourth-order valence-electron chi connectivity index (χ4n) is 3.30. The molecule has 1 fully saturated rings. The molecule has 0 saturated carbocycles. The van der Waals surface area contributed by atoms with Crippen molar-refractivity contribution >= 4 is 34.6 Å². The second-order valence-corrected chi connectivity index (χ2v) is 7.05. The van der Waals surface area contributed by atoms with E-state index in [0.717, 1.165) is 44.0 Å². The number of nitrogen functional groups attached to an aromatic ring is 1. The summed E-state index contributed by atoms with van der Waals surface area (Å²) in [6.45, 7) is 9.36. The molecule has 0 bridgehead atoms. The number of hydrogen-bond donors (Lipinski definition) is 2. The number of aryl methyl sites for hydroxylation is 1. The maximum atomic E-state index is 12.5. The molecule has 0 atom stereocenters. The molecule has 0 spiro atoms. The van der Waals surface area contributed by atoms with Crippen LogP contribution in [0.5, 0.6) is 0 Å². The molecule has 26 heavy (non-hydrogen) atoms. The van der Waals surface area contributed by atoms with Crippen LogP contribution in [0.25, 0.3) is 0 Å². The Morgan fingerprint density at radius 3 is 2.58 bits per heavy atom. The van der Waals surface area contributed by atoms with Gasteiger partial charge in [-0.05, 0) is 49.4 Å². The monoisotopic (exact) mass is 372 g/mol. The first kappa shape index (κ1) is 18.5. The van der Waals surface area contributed by atoms with E-state index in [4.69, 9.17) is 17.3 Å². The predicted octanol–water partition coefficient (Wildman–Crippen LogP) is 3.62. The molecule has 2 aromatic carbocycles. The highest BCUT2D eigenvalue weighted by Gasteiger charge is 2.19. The van der Waals surface area contributed by atoms with Gasteiger partial charge in [0.2, 0.25) is 0 Å². The summed E-state index contributed by atoms with van der Waals surface area (Å²) in [5.41, 5.74) is 10.1. The second-order valence-electron chi connectivity index (χ2n) is 6.61. The number of nitrogens with two attached hydrogens (primary N) is 1. The Labute approximate surface area is 159 Å². The van der Waals surface area contributed by atoms with Crippen molar-refractivity contribution in [2.75, 3.05) is 48.7 Å². The summed E-state index contributed by atoms with van der Waals surface area (Å²) in [7, 11) is 0. The van der Waals surface area contributed by atoms with Crippen LogP contribution in [0, 0.1) is 6.92 Å². The van der Waals surface area contributed by atoms with E-state index < -0.39 is 0 Å². The number of carbonyl (C=O) groups excluding carboxylic acids is 1. The molecule has 0 aromatic heterocycles. The van der Waals surface area contributed by atoms with Crippen LogP contribution in [0.4, 0.5) is 17.1 Å². The van der Waals surface area contributed by atoms with Crippen molar-refractivity contribution in [2.24, 2.45) is 0 Å². The number of halogens is 1. The van der Waals surface area contributed by atoms with Crippen LogP contribution in [0.2, 0.25) is 5.02 Å². The number of rotatable bonds is 4. The molecule has 1 saturated heterocycles. The number of anilines is 3. The number of hydrogen-bond acceptors (Lipinski definition) is 4. The van der Waals surface area contributed by atoms with Crippen molar-refractivity contribution in [2.45, 2.75) is 13.8 Å². The molecule has 1 aliphatic heterocycles. The standard InChI is InChI=1S/C20H25ClN4O/c1-3-24-7-9-25(10-8-24)19-13-18(17(22)11-14(19)2)23-20(26)15-5-4-6-16(21)12-15/h4-6,11-13H,3,7-10,22H2,1-2H3,(H,23,26). The summed E-state index contributed by atoms with van der Waals surface area (Å²) < 4.78 is 0. The highest BCUT2D eigenvalue weighted by Crippen LogP contribution is 2.31. The zero-order chi connectivity index (χ0) is 18.7. The lowest BCUT2D eigenvalue weighted by atomic mass is 10.1. The Bertz CT molecular complexity index is 800. The zero-order valence-corrected chi connectivity index (χ0v) is 16.0. The van der Waals surface area contributed by atoms with E-state index in [-0.39, 0.29) is 5.91 Å². The maximum Gasteiger partial charge on any atom is 0.255 e. The number of benzene rings is 2. The molecule has 0 radical (unpaired) electrons. The summed E-state index contributed by atoms with van der Waals surface area (Å²) in [5.74, 6) is -0.218. The van der Waals surface area contributed by atoms with Crippen molar-refractivity contribution in [3.8, 4) is 0 Å². The van der Waals surface area contributed by atoms with E-state index in [1.807, 2.05) is 12.1 Å². The van der Waals surface area contributed by atoms with E-state index >= 15 is 0 Å². The smallest absolute Gasteiger partial charge is 0.255 e. The normalized spacial score (nSPS) is 15.1. The van der Waals surface area contributed by atoms with Gasteiger partial charge in [-0.25, -0.2) is 0 Å². The molecular formula is C20H25ClN4O.